The Kier molecular flexibility index (Phi) is 5.72. The summed E-state index contributed by atoms with van der Waals surface area (Å²) >= 11 is 0. The van der Waals surface area contributed by atoms with E-state index in [0.29, 0.717) is 24.5 Å². The van der Waals surface area contributed by atoms with Crippen LogP contribution in [-0.4, -0.2) is 27.4 Å². The van der Waals surface area contributed by atoms with Gasteiger partial charge in [0.2, 0.25) is 0 Å². The van der Waals surface area contributed by atoms with E-state index in [1.165, 1.54) is 6.20 Å². The molecule has 0 unspecified atom stereocenters. The fourth-order valence-corrected chi connectivity index (χ4v) is 2.30. The van der Waals surface area contributed by atoms with Crippen molar-refractivity contribution in [2.24, 2.45) is 0 Å². The Bertz CT molecular complexity index is 911. The summed E-state index contributed by atoms with van der Waals surface area (Å²) < 4.78 is 5.52. The molecule has 1 aromatic carbocycles. The van der Waals surface area contributed by atoms with Crippen molar-refractivity contribution in [1.29, 1.82) is 0 Å². The van der Waals surface area contributed by atoms with Crippen molar-refractivity contribution in [2.45, 2.75) is 13.0 Å². The van der Waals surface area contributed by atoms with Crippen LogP contribution in [0.1, 0.15) is 21.7 Å². The number of hydrogen-bond acceptors (Lipinski definition) is 5. The summed E-state index contributed by atoms with van der Waals surface area (Å²) in [4.78, 5) is 34.9. The van der Waals surface area contributed by atoms with Crippen LogP contribution in [0.3, 0.4) is 0 Å². The molecule has 0 radical (unpaired) electrons. The van der Waals surface area contributed by atoms with Gasteiger partial charge in [-0.05, 0) is 30.2 Å². The number of nitrogens with zero attached hydrogens (tertiary/aromatic N) is 2. The molecule has 2 N–H and O–H groups in total. The predicted octanol–water partition coefficient (Wildman–Crippen LogP) is 1.72. The zero-order valence-corrected chi connectivity index (χ0v) is 14.0. The van der Waals surface area contributed by atoms with Gasteiger partial charge < -0.3 is 15.0 Å². The number of rotatable bonds is 7. The van der Waals surface area contributed by atoms with Crippen LogP contribution in [0.2, 0.25) is 0 Å². The second-order valence-corrected chi connectivity index (χ2v) is 5.54. The Morgan fingerprint density at radius 2 is 1.96 bits per heavy atom. The molecule has 2 aromatic heterocycles. The van der Waals surface area contributed by atoms with E-state index in [9.17, 15) is 9.59 Å². The second kappa shape index (κ2) is 8.57. The van der Waals surface area contributed by atoms with Crippen LogP contribution in [0, 0.1) is 0 Å². The molecule has 0 saturated heterocycles. The molecule has 7 heteroatoms. The van der Waals surface area contributed by atoms with Gasteiger partial charge in [0, 0.05) is 25.1 Å². The lowest BCUT2D eigenvalue weighted by Gasteiger charge is -2.07. The molecule has 0 aliphatic carbocycles. The summed E-state index contributed by atoms with van der Waals surface area (Å²) in [5, 5.41) is 2.71. The number of aromatic nitrogens is 3. The van der Waals surface area contributed by atoms with E-state index in [2.05, 4.69) is 20.3 Å². The number of pyridine rings is 1. The Hall–Kier alpha value is -3.48. The van der Waals surface area contributed by atoms with Crippen molar-refractivity contribution >= 4 is 5.91 Å². The van der Waals surface area contributed by atoms with Crippen molar-refractivity contribution in [2.75, 3.05) is 6.54 Å². The highest BCUT2D eigenvalue weighted by molar-refractivity contribution is 5.93. The number of carbonyl (C=O) groups is 1. The number of hydrogen-bond donors (Lipinski definition) is 2. The fraction of sp³-hybridized carbons (Fsp3) is 0.158. The minimum absolute atomic E-state index is 0.0281. The van der Waals surface area contributed by atoms with Crippen LogP contribution in [0.5, 0.6) is 5.75 Å². The zero-order chi connectivity index (χ0) is 18.2. The average molecular weight is 350 g/mol. The quantitative estimate of drug-likeness (QED) is 0.676. The molecular weight excluding hydrogens is 332 g/mol. The molecule has 26 heavy (non-hydrogen) atoms. The number of nitrogens with one attached hydrogen (secondary N) is 2. The normalized spacial score (nSPS) is 10.3. The summed E-state index contributed by atoms with van der Waals surface area (Å²) in [5.74, 6) is 0.566. The molecule has 3 rings (SSSR count). The second-order valence-electron chi connectivity index (χ2n) is 5.54. The van der Waals surface area contributed by atoms with Crippen LogP contribution in [0.4, 0.5) is 0 Å². The third kappa shape index (κ3) is 4.76. The van der Waals surface area contributed by atoms with Gasteiger partial charge in [-0.25, -0.2) is 4.98 Å². The Morgan fingerprint density at radius 1 is 1.12 bits per heavy atom. The minimum Gasteiger partial charge on any atom is -0.486 e. The van der Waals surface area contributed by atoms with Gasteiger partial charge in [-0.2, -0.15) is 0 Å². The summed E-state index contributed by atoms with van der Waals surface area (Å²) in [6.45, 7) is 0.519. The van der Waals surface area contributed by atoms with Crippen molar-refractivity contribution < 1.29 is 9.53 Å². The Balaban J connectivity index is 1.55. The van der Waals surface area contributed by atoms with Gasteiger partial charge in [-0.15, -0.1) is 0 Å². The van der Waals surface area contributed by atoms with Gasteiger partial charge in [0.25, 0.3) is 11.5 Å². The van der Waals surface area contributed by atoms with Crippen molar-refractivity contribution in [1.82, 2.24) is 20.3 Å². The standard InChI is InChI=1S/C19H18N4O3/c24-18(21-10-8-14-5-4-9-20-11-14)16-12-22-17(23-19(16)25)13-26-15-6-2-1-3-7-15/h1-7,9,11-12H,8,10,13H2,(H,21,24)(H,22,23,25). The first kappa shape index (κ1) is 17.3. The van der Waals surface area contributed by atoms with Crippen molar-refractivity contribution in [3.63, 3.8) is 0 Å². The van der Waals surface area contributed by atoms with E-state index < -0.39 is 11.5 Å². The number of aromatic amines is 1. The first-order valence-corrected chi connectivity index (χ1v) is 8.15. The lowest BCUT2D eigenvalue weighted by Crippen LogP contribution is -2.32. The highest BCUT2D eigenvalue weighted by Crippen LogP contribution is 2.09. The first-order chi connectivity index (χ1) is 12.7. The van der Waals surface area contributed by atoms with Gasteiger partial charge >= 0.3 is 0 Å². The maximum absolute atomic E-state index is 12.1. The molecule has 0 saturated carbocycles. The van der Waals surface area contributed by atoms with Crippen LogP contribution < -0.4 is 15.6 Å². The van der Waals surface area contributed by atoms with E-state index in [1.807, 2.05) is 42.5 Å². The highest BCUT2D eigenvalue weighted by atomic mass is 16.5. The molecule has 0 fully saturated rings. The molecule has 0 aliphatic heterocycles. The summed E-state index contributed by atoms with van der Waals surface area (Å²) in [6.07, 6.45) is 5.33. The first-order valence-electron chi connectivity index (χ1n) is 8.15. The lowest BCUT2D eigenvalue weighted by molar-refractivity contribution is 0.0952. The lowest BCUT2D eigenvalue weighted by atomic mass is 10.2. The van der Waals surface area contributed by atoms with Gasteiger partial charge in [-0.3, -0.25) is 14.6 Å². The van der Waals surface area contributed by atoms with Gasteiger partial charge in [-0.1, -0.05) is 24.3 Å². The van der Waals surface area contributed by atoms with Gasteiger partial charge in [0.1, 0.15) is 23.7 Å². The topological polar surface area (TPSA) is 97.0 Å². The number of amides is 1. The summed E-state index contributed by atoms with van der Waals surface area (Å²) in [7, 11) is 0. The molecule has 7 nitrogen and oxygen atoms in total. The predicted molar refractivity (Wildman–Crippen MR) is 95.9 cm³/mol. The monoisotopic (exact) mass is 350 g/mol. The number of carbonyl (C=O) groups excluding carboxylic acids is 1. The third-order valence-electron chi connectivity index (χ3n) is 3.64. The number of benzene rings is 1. The molecule has 0 bridgehead atoms. The van der Waals surface area contributed by atoms with Crippen molar-refractivity contribution in [3.05, 3.63) is 88.4 Å². The van der Waals surface area contributed by atoms with E-state index in [1.54, 1.807) is 12.4 Å². The molecule has 1 amide bonds. The van der Waals surface area contributed by atoms with E-state index in [0.717, 1.165) is 5.56 Å². The van der Waals surface area contributed by atoms with E-state index >= 15 is 0 Å². The SMILES string of the molecule is O=C(NCCc1cccnc1)c1cnc(COc2ccccc2)[nH]c1=O. The van der Waals surface area contributed by atoms with E-state index in [4.69, 9.17) is 4.74 Å². The highest BCUT2D eigenvalue weighted by Gasteiger charge is 2.11. The average Bonchev–Trinajstić information content (AvgIpc) is 2.68. The molecule has 0 spiro atoms. The van der Waals surface area contributed by atoms with Gasteiger partial charge in [0.05, 0.1) is 0 Å². The third-order valence-corrected chi connectivity index (χ3v) is 3.64. The molecule has 0 aliphatic rings. The number of H-pyrrole nitrogens is 1. The summed E-state index contributed by atoms with van der Waals surface area (Å²) in [5.41, 5.74) is 0.485. The fourth-order valence-electron chi connectivity index (χ4n) is 2.30. The zero-order valence-electron chi connectivity index (χ0n) is 14.0. The van der Waals surface area contributed by atoms with E-state index in [-0.39, 0.29) is 12.2 Å². The molecule has 2 heterocycles. The molecule has 132 valence electrons. The van der Waals surface area contributed by atoms with Crippen LogP contribution in [-0.2, 0) is 13.0 Å². The summed E-state index contributed by atoms with van der Waals surface area (Å²) in [6, 6.07) is 13.0. The smallest absolute Gasteiger partial charge is 0.263 e. The molecule has 3 aromatic rings. The molecule has 0 atom stereocenters. The Labute approximate surface area is 150 Å². The van der Waals surface area contributed by atoms with Crippen LogP contribution in [0.25, 0.3) is 0 Å². The Morgan fingerprint density at radius 3 is 2.69 bits per heavy atom. The molecular formula is C19H18N4O3. The largest absolute Gasteiger partial charge is 0.486 e. The minimum atomic E-state index is -0.495. The van der Waals surface area contributed by atoms with Crippen LogP contribution in [0.15, 0.2) is 65.8 Å². The van der Waals surface area contributed by atoms with Crippen LogP contribution >= 0.6 is 0 Å². The maximum atomic E-state index is 12.1. The van der Waals surface area contributed by atoms with Gasteiger partial charge in [0.15, 0.2) is 0 Å². The number of para-hydroxylation sites is 1. The number of ether oxygens (including phenoxy) is 1. The maximum Gasteiger partial charge on any atom is 0.263 e. The van der Waals surface area contributed by atoms with Crippen molar-refractivity contribution in [3.8, 4) is 5.75 Å².